The van der Waals surface area contributed by atoms with Crippen molar-refractivity contribution in [2.24, 2.45) is 0 Å². The van der Waals surface area contributed by atoms with Crippen LogP contribution in [0.25, 0.3) is 0 Å². The Morgan fingerprint density at radius 2 is 2.21 bits per heavy atom. The van der Waals surface area contributed by atoms with Crippen molar-refractivity contribution in [2.75, 3.05) is 19.6 Å². The second-order valence-electron chi connectivity index (χ2n) is 5.13. The van der Waals surface area contributed by atoms with Crippen molar-refractivity contribution < 1.29 is 9.90 Å². The number of aromatic carboxylic acids is 1. The molecule has 0 spiro atoms. The van der Waals surface area contributed by atoms with Gasteiger partial charge in [-0.15, -0.1) is 0 Å². The fraction of sp³-hybridized carbons (Fsp3) is 0.571. The first-order chi connectivity index (χ1) is 9.15. The molecular weight excluding hydrogens is 242 g/mol. The molecule has 1 atom stereocenters. The van der Waals surface area contributed by atoms with Gasteiger partial charge in [-0.05, 0) is 45.0 Å². The van der Waals surface area contributed by atoms with Gasteiger partial charge in [-0.25, -0.2) is 4.79 Å². The molecule has 0 aliphatic carbocycles. The molecule has 2 heterocycles. The van der Waals surface area contributed by atoms with Crippen molar-refractivity contribution in [3.63, 3.8) is 0 Å². The quantitative estimate of drug-likeness (QED) is 0.811. The van der Waals surface area contributed by atoms with Crippen LogP contribution in [0.15, 0.2) is 18.3 Å². The number of nitrogens with zero attached hydrogens (tertiary/aromatic N) is 2. The second-order valence-corrected chi connectivity index (χ2v) is 5.13. The summed E-state index contributed by atoms with van der Waals surface area (Å²) in [7, 11) is 0. The Morgan fingerprint density at radius 3 is 2.79 bits per heavy atom. The van der Waals surface area contributed by atoms with Crippen molar-refractivity contribution in [1.29, 1.82) is 0 Å². The van der Waals surface area contributed by atoms with Crippen LogP contribution in [-0.4, -0.2) is 46.6 Å². The van der Waals surface area contributed by atoms with E-state index in [2.05, 4.69) is 22.1 Å². The van der Waals surface area contributed by atoms with Gasteiger partial charge in [0.15, 0.2) is 0 Å². The summed E-state index contributed by atoms with van der Waals surface area (Å²) in [5.41, 5.74) is 1.10. The number of likely N-dealkylation sites (tertiary alicyclic amines) is 1. The van der Waals surface area contributed by atoms with Gasteiger partial charge >= 0.3 is 5.97 Å². The SMILES string of the molecule is CC(CN1CCCC1)NCc1ccc(C(=O)O)cn1. The summed E-state index contributed by atoms with van der Waals surface area (Å²) in [5.74, 6) is -0.936. The number of carboxylic acid groups (broad SMARTS) is 1. The molecule has 0 saturated carbocycles. The summed E-state index contributed by atoms with van der Waals surface area (Å²) < 4.78 is 0. The largest absolute Gasteiger partial charge is 0.478 e. The van der Waals surface area contributed by atoms with Crippen LogP contribution in [0.1, 0.15) is 35.8 Å². The maximum Gasteiger partial charge on any atom is 0.337 e. The average molecular weight is 263 g/mol. The molecule has 5 nitrogen and oxygen atoms in total. The van der Waals surface area contributed by atoms with Gasteiger partial charge in [0.05, 0.1) is 11.3 Å². The molecule has 19 heavy (non-hydrogen) atoms. The normalized spacial score (nSPS) is 17.5. The van der Waals surface area contributed by atoms with Gasteiger partial charge in [-0.1, -0.05) is 0 Å². The average Bonchev–Trinajstić information content (AvgIpc) is 2.89. The van der Waals surface area contributed by atoms with Gasteiger partial charge in [0.2, 0.25) is 0 Å². The van der Waals surface area contributed by atoms with E-state index in [1.807, 2.05) is 0 Å². The number of carbonyl (C=O) groups is 1. The Labute approximate surface area is 113 Å². The minimum atomic E-state index is -0.936. The molecule has 0 aromatic carbocycles. The van der Waals surface area contributed by atoms with Crippen molar-refractivity contribution in [3.8, 4) is 0 Å². The van der Waals surface area contributed by atoms with E-state index < -0.39 is 5.97 Å². The molecule has 1 aromatic heterocycles. The topological polar surface area (TPSA) is 65.5 Å². The molecule has 1 aromatic rings. The van der Waals surface area contributed by atoms with Gasteiger partial charge in [-0.3, -0.25) is 4.98 Å². The third kappa shape index (κ3) is 4.29. The van der Waals surface area contributed by atoms with Crippen LogP contribution in [0.3, 0.4) is 0 Å². The van der Waals surface area contributed by atoms with E-state index in [1.54, 1.807) is 12.1 Å². The second kappa shape index (κ2) is 6.63. The highest BCUT2D eigenvalue weighted by Crippen LogP contribution is 2.07. The van der Waals surface area contributed by atoms with E-state index in [4.69, 9.17) is 5.11 Å². The number of hydrogen-bond acceptors (Lipinski definition) is 4. The van der Waals surface area contributed by atoms with E-state index in [0.29, 0.717) is 12.6 Å². The smallest absolute Gasteiger partial charge is 0.337 e. The number of hydrogen-bond donors (Lipinski definition) is 2. The summed E-state index contributed by atoms with van der Waals surface area (Å²) >= 11 is 0. The fourth-order valence-electron chi connectivity index (χ4n) is 2.35. The van der Waals surface area contributed by atoms with Gasteiger partial charge < -0.3 is 15.3 Å². The Kier molecular flexibility index (Phi) is 4.87. The molecule has 5 heteroatoms. The van der Waals surface area contributed by atoms with Crippen molar-refractivity contribution in [3.05, 3.63) is 29.6 Å². The molecule has 1 saturated heterocycles. The lowest BCUT2D eigenvalue weighted by atomic mass is 10.2. The molecule has 2 N–H and O–H groups in total. The van der Waals surface area contributed by atoms with Gasteiger partial charge in [0.25, 0.3) is 0 Å². The van der Waals surface area contributed by atoms with Crippen molar-refractivity contribution in [1.82, 2.24) is 15.2 Å². The highest BCUT2D eigenvalue weighted by atomic mass is 16.4. The maximum atomic E-state index is 10.7. The highest BCUT2D eigenvalue weighted by molar-refractivity contribution is 5.87. The van der Waals surface area contributed by atoms with Crippen LogP contribution in [0.5, 0.6) is 0 Å². The van der Waals surface area contributed by atoms with Crippen LogP contribution in [0.2, 0.25) is 0 Å². The van der Waals surface area contributed by atoms with Crippen LogP contribution in [0, 0.1) is 0 Å². The van der Waals surface area contributed by atoms with Crippen molar-refractivity contribution in [2.45, 2.75) is 32.4 Å². The minimum Gasteiger partial charge on any atom is -0.478 e. The Hall–Kier alpha value is -1.46. The highest BCUT2D eigenvalue weighted by Gasteiger charge is 2.14. The number of pyridine rings is 1. The lowest BCUT2D eigenvalue weighted by Gasteiger charge is -2.21. The van der Waals surface area contributed by atoms with Crippen molar-refractivity contribution >= 4 is 5.97 Å². The van der Waals surface area contributed by atoms with Gasteiger partial charge in [0, 0.05) is 25.3 Å². The van der Waals surface area contributed by atoms with Crippen LogP contribution in [-0.2, 0) is 6.54 Å². The molecule has 104 valence electrons. The summed E-state index contributed by atoms with van der Waals surface area (Å²) in [4.78, 5) is 17.3. The third-order valence-corrected chi connectivity index (χ3v) is 3.43. The standard InChI is InChI=1S/C14H21N3O2/c1-11(10-17-6-2-3-7-17)15-9-13-5-4-12(8-16-13)14(18)19/h4-5,8,11,15H,2-3,6-7,9-10H2,1H3,(H,18,19). The Balaban J connectivity index is 1.76. The molecule has 0 bridgehead atoms. The third-order valence-electron chi connectivity index (χ3n) is 3.43. The lowest BCUT2D eigenvalue weighted by molar-refractivity contribution is 0.0696. The molecule has 0 radical (unpaired) electrons. The van der Waals surface area contributed by atoms with Crippen LogP contribution < -0.4 is 5.32 Å². The molecule has 1 fully saturated rings. The number of aromatic nitrogens is 1. The van der Waals surface area contributed by atoms with Gasteiger partial charge in [-0.2, -0.15) is 0 Å². The fourth-order valence-corrected chi connectivity index (χ4v) is 2.35. The maximum absolute atomic E-state index is 10.7. The van der Waals surface area contributed by atoms with E-state index in [0.717, 1.165) is 12.2 Å². The Morgan fingerprint density at radius 1 is 1.47 bits per heavy atom. The number of nitrogens with one attached hydrogen (secondary N) is 1. The zero-order chi connectivity index (χ0) is 13.7. The first-order valence-electron chi connectivity index (χ1n) is 6.79. The summed E-state index contributed by atoms with van der Waals surface area (Å²) in [5, 5.41) is 12.2. The van der Waals surface area contributed by atoms with E-state index in [-0.39, 0.29) is 5.56 Å². The molecule has 1 unspecified atom stereocenters. The minimum absolute atomic E-state index is 0.230. The van der Waals surface area contributed by atoms with Crippen LogP contribution in [0.4, 0.5) is 0 Å². The van der Waals surface area contributed by atoms with Crippen LogP contribution >= 0.6 is 0 Å². The number of rotatable bonds is 6. The monoisotopic (exact) mass is 263 g/mol. The van der Waals surface area contributed by atoms with E-state index >= 15 is 0 Å². The number of carboxylic acids is 1. The van der Waals surface area contributed by atoms with Gasteiger partial charge in [0.1, 0.15) is 0 Å². The first kappa shape index (κ1) is 14.0. The zero-order valence-electron chi connectivity index (χ0n) is 11.3. The lowest BCUT2D eigenvalue weighted by Crippen LogP contribution is -2.37. The molecular formula is C14H21N3O2. The molecule has 1 aliphatic rings. The van der Waals surface area contributed by atoms with E-state index in [1.165, 1.54) is 32.1 Å². The molecule has 1 aliphatic heterocycles. The summed E-state index contributed by atoms with van der Waals surface area (Å²) in [6.45, 7) is 6.32. The predicted molar refractivity (Wildman–Crippen MR) is 73.2 cm³/mol. The van der Waals surface area contributed by atoms with E-state index in [9.17, 15) is 4.79 Å². The Bertz CT molecular complexity index is 413. The molecule has 0 amide bonds. The first-order valence-corrected chi connectivity index (χ1v) is 6.79. The zero-order valence-corrected chi connectivity index (χ0v) is 11.3. The molecule has 2 rings (SSSR count). The predicted octanol–water partition coefficient (Wildman–Crippen LogP) is 1.35. The summed E-state index contributed by atoms with van der Waals surface area (Å²) in [6.07, 6.45) is 4.03. The summed E-state index contributed by atoms with van der Waals surface area (Å²) in [6, 6.07) is 3.77.